The summed E-state index contributed by atoms with van der Waals surface area (Å²) in [7, 11) is 1.95. The van der Waals surface area contributed by atoms with Gasteiger partial charge in [-0.25, -0.2) is 4.39 Å². The number of halogens is 2. The van der Waals surface area contributed by atoms with Crippen molar-refractivity contribution >= 4 is 22.9 Å². The monoisotopic (exact) mass is 298 g/mol. The van der Waals surface area contributed by atoms with Crippen molar-refractivity contribution in [3.63, 3.8) is 0 Å². The molecule has 19 heavy (non-hydrogen) atoms. The Morgan fingerprint density at radius 3 is 2.79 bits per heavy atom. The predicted octanol–water partition coefficient (Wildman–Crippen LogP) is 3.67. The highest BCUT2D eigenvalue weighted by Crippen LogP contribution is 2.26. The Labute approximate surface area is 121 Å². The molecule has 0 aliphatic rings. The maximum atomic E-state index is 14.0. The van der Waals surface area contributed by atoms with Crippen molar-refractivity contribution in [2.24, 2.45) is 5.73 Å². The number of thiophene rings is 1. The van der Waals surface area contributed by atoms with Crippen LogP contribution in [0, 0.1) is 5.82 Å². The lowest BCUT2D eigenvalue weighted by Crippen LogP contribution is -2.30. The molecule has 1 atom stereocenters. The molecule has 0 spiro atoms. The molecule has 0 radical (unpaired) electrons. The van der Waals surface area contributed by atoms with E-state index >= 15 is 0 Å². The van der Waals surface area contributed by atoms with Crippen LogP contribution < -0.4 is 5.73 Å². The molecule has 5 heteroatoms. The molecule has 2 rings (SSSR count). The number of benzene rings is 1. The van der Waals surface area contributed by atoms with Gasteiger partial charge in [-0.1, -0.05) is 23.7 Å². The summed E-state index contributed by atoms with van der Waals surface area (Å²) in [5, 5.41) is 2.43. The lowest BCUT2D eigenvalue weighted by Gasteiger charge is -2.27. The van der Waals surface area contributed by atoms with Crippen molar-refractivity contribution in [2.45, 2.75) is 12.6 Å². The van der Waals surface area contributed by atoms with Crippen LogP contribution in [0.25, 0.3) is 0 Å². The molecule has 0 bridgehead atoms. The van der Waals surface area contributed by atoms with E-state index in [-0.39, 0.29) is 11.9 Å². The fourth-order valence-corrected chi connectivity index (χ4v) is 3.00. The second kappa shape index (κ2) is 6.48. The molecule has 0 saturated heterocycles. The molecule has 2 N–H and O–H groups in total. The van der Waals surface area contributed by atoms with Crippen LogP contribution in [0.5, 0.6) is 0 Å². The van der Waals surface area contributed by atoms with Crippen LogP contribution in [0.3, 0.4) is 0 Å². The quantitative estimate of drug-likeness (QED) is 0.912. The lowest BCUT2D eigenvalue weighted by atomic mass is 10.0. The number of nitrogens with two attached hydrogens (primary N) is 1. The molecule has 0 amide bonds. The third-order valence-corrected chi connectivity index (χ3v) is 4.16. The summed E-state index contributed by atoms with van der Waals surface area (Å²) in [6, 6.07) is 8.65. The summed E-state index contributed by atoms with van der Waals surface area (Å²) in [6.07, 6.45) is 0. The normalized spacial score (nSPS) is 12.9. The summed E-state index contributed by atoms with van der Waals surface area (Å²) in [6.45, 7) is 1.11. The first-order valence-electron chi connectivity index (χ1n) is 5.99. The van der Waals surface area contributed by atoms with E-state index < -0.39 is 0 Å². The Morgan fingerprint density at radius 2 is 2.21 bits per heavy atom. The molecule has 1 heterocycles. The maximum Gasteiger partial charge on any atom is 0.129 e. The number of hydrogen-bond acceptors (Lipinski definition) is 3. The molecule has 0 aliphatic carbocycles. The summed E-state index contributed by atoms with van der Waals surface area (Å²) >= 11 is 7.46. The van der Waals surface area contributed by atoms with E-state index in [0.29, 0.717) is 17.1 Å². The van der Waals surface area contributed by atoms with Crippen molar-refractivity contribution in [2.75, 3.05) is 13.6 Å². The van der Waals surface area contributed by atoms with Crippen LogP contribution in [0.1, 0.15) is 16.5 Å². The van der Waals surface area contributed by atoms with Crippen molar-refractivity contribution in [3.05, 3.63) is 57.0 Å². The van der Waals surface area contributed by atoms with Gasteiger partial charge in [0.15, 0.2) is 0 Å². The number of hydrogen-bond donors (Lipinski definition) is 1. The molecule has 102 valence electrons. The SMILES string of the molecule is CN(Cc1cccs1)C(CN)c1ccc(Cl)cc1F. The smallest absolute Gasteiger partial charge is 0.129 e. The van der Waals surface area contributed by atoms with E-state index in [0.717, 1.165) is 6.54 Å². The van der Waals surface area contributed by atoms with Gasteiger partial charge >= 0.3 is 0 Å². The third kappa shape index (κ3) is 3.54. The number of likely N-dealkylation sites (N-methyl/N-ethyl adjacent to an activating group) is 1. The van der Waals surface area contributed by atoms with E-state index in [4.69, 9.17) is 17.3 Å². The van der Waals surface area contributed by atoms with Gasteiger partial charge < -0.3 is 5.73 Å². The van der Waals surface area contributed by atoms with Crippen molar-refractivity contribution in [1.29, 1.82) is 0 Å². The number of rotatable bonds is 5. The van der Waals surface area contributed by atoms with Crippen LogP contribution in [-0.2, 0) is 6.54 Å². The largest absolute Gasteiger partial charge is 0.329 e. The molecule has 1 aromatic heterocycles. The molecular weight excluding hydrogens is 283 g/mol. The van der Waals surface area contributed by atoms with Gasteiger partial charge in [0.05, 0.1) is 0 Å². The second-order valence-corrected chi connectivity index (χ2v) is 5.88. The van der Waals surface area contributed by atoms with Crippen molar-refractivity contribution < 1.29 is 4.39 Å². The Hall–Kier alpha value is -0.940. The van der Waals surface area contributed by atoms with Gasteiger partial charge in [-0.3, -0.25) is 4.90 Å². The van der Waals surface area contributed by atoms with Gasteiger partial charge in [0.1, 0.15) is 5.82 Å². The summed E-state index contributed by atoms with van der Waals surface area (Å²) < 4.78 is 14.0. The van der Waals surface area contributed by atoms with E-state index in [1.54, 1.807) is 23.5 Å². The van der Waals surface area contributed by atoms with Crippen LogP contribution in [0.4, 0.5) is 4.39 Å². The lowest BCUT2D eigenvalue weighted by molar-refractivity contribution is 0.239. The molecule has 2 nitrogen and oxygen atoms in total. The molecule has 1 aromatic carbocycles. The highest BCUT2D eigenvalue weighted by Gasteiger charge is 2.19. The van der Waals surface area contributed by atoms with E-state index in [1.165, 1.54) is 10.9 Å². The van der Waals surface area contributed by atoms with Gasteiger partial charge in [-0.05, 0) is 30.6 Å². The Kier molecular flexibility index (Phi) is 4.93. The first kappa shape index (κ1) is 14.5. The summed E-state index contributed by atoms with van der Waals surface area (Å²) in [4.78, 5) is 3.29. The topological polar surface area (TPSA) is 29.3 Å². The summed E-state index contributed by atoms with van der Waals surface area (Å²) in [5.41, 5.74) is 6.39. The average Bonchev–Trinajstić information content (AvgIpc) is 2.85. The van der Waals surface area contributed by atoms with Crippen LogP contribution >= 0.6 is 22.9 Å². The Bertz CT molecular complexity index is 530. The minimum atomic E-state index is -0.305. The third-order valence-electron chi connectivity index (χ3n) is 3.06. The maximum absolute atomic E-state index is 14.0. The predicted molar refractivity (Wildman–Crippen MR) is 79.0 cm³/mol. The van der Waals surface area contributed by atoms with Gasteiger partial charge in [0.2, 0.25) is 0 Å². The minimum Gasteiger partial charge on any atom is -0.329 e. The van der Waals surface area contributed by atoms with E-state index in [1.807, 2.05) is 18.5 Å². The first-order valence-corrected chi connectivity index (χ1v) is 7.25. The Morgan fingerprint density at radius 1 is 1.42 bits per heavy atom. The van der Waals surface area contributed by atoms with Gasteiger partial charge in [0, 0.05) is 34.6 Å². The van der Waals surface area contributed by atoms with Crippen LogP contribution in [0.2, 0.25) is 5.02 Å². The van der Waals surface area contributed by atoms with Crippen LogP contribution in [-0.4, -0.2) is 18.5 Å². The highest BCUT2D eigenvalue weighted by molar-refractivity contribution is 7.09. The molecule has 0 fully saturated rings. The van der Waals surface area contributed by atoms with Crippen molar-refractivity contribution in [1.82, 2.24) is 4.90 Å². The van der Waals surface area contributed by atoms with Crippen molar-refractivity contribution in [3.8, 4) is 0 Å². The zero-order valence-corrected chi connectivity index (χ0v) is 12.2. The molecule has 0 aliphatic heterocycles. The molecular formula is C14H16ClFN2S. The van der Waals surface area contributed by atoms with Gasteiger partial charge in [-0.15, -0.1) is 11.3 Å². The molecule has 1 unspecified atom stereocenters. The second-order valence-electron chi connectivity index (χ2n) is 4.41. The zero-order valence-electron chi connectivity index (χ0n) is 10.6. The highest BCUT2D eigenvalue weighted by atomic mass is 35.5. The molecule has 2 aromatic rings. The van der Waals surface area contributed by atoms with E-state index in [2.05, 4.69) is 11.0 Å². The summed E-state index contributed by atoms with van der Waals surface area (Å²) in [5.74, 6) is -0.305. The Balaban J connectivity index is 2.18. The first-order chi connectivity index (χ1) is 9.11. The zero-order chi connectivity index (χ0) is 13.8. The molecule has 0 saturated carbocycles. The van der Waals surface area contributed by atoms with Gasteiger partial charge in [-0.2, -0.15) is 0 Å². The fourth-order valence-electron chi connectivity index (χ4n) is 2.07. The van der Waals surface area contributed by atoms with Crippen LogP contribution in [0.15, 0.2) is 35.7 Å². The van der Waals surface area contributed by atoms with Gasteiger partial charge in [0.25, 0.3) is 0 Å². The fraction of sp³-hybridized carbons (Fsp3) is 0.286. The van der Waals surface area contributed by atoms with E-state index in [9.17, 15) is 4.39 Å². The standard InChI is InChI=1S/C14H16ClFN2S/c1-18(9-11-3-2-6-19-11)14(8-17)12-5-4-10(15)7-13(12)16/h2-7,14H,8-9,17H2,1H3. The number of nitrogens with zero attached hydrogens (tertiary/aromatic N) is 1. The average molecular weight is 299 g/mol. The minimum absolute atomic E-state index is 0.153.